The van der Waals surface area contributed by atoms with Crippen molar-refractivity contribution in [1.29, 1.82) is 0 Å². The molecule has 498 valence electrons. The quantitative estimate of drug-likeness (QED) is 0.160. The summed E-state index contributed by atoms with van der Waals surface area (Å²) < 4.78 is 0. The second kappa shape index (κ2) is 35.6. The average molecular weight is 1230 g/mol. The molecular formula is C63H114N12O12. The van der Waals surface area contributed by atoms with Gasteiger partial charge in [-0.1, -0.05) is 109 Å². The third kappa shape index (κ3) is 21.5. The highest BCUT2D eigenvalue weighted by Gasteiger charge is 2.46. The van der Waals surface area contributed by atoms with E-state index in [4.69, 9.17) is 0 Å². The highest BCUT2D eigenvalue weighted by Crippen LogP contribution is 2.26. The smallest absolute Gasteiger partial charge is 0.339 e. The number of amides is 12. The standard InChI is InChI=1S/C63H114N12O12/c1-26-29-30-42(16)53(77)52-56(80)64-44(27-2)58(82)67(18)35-49(76)68(19)45(31-36(4)5)54(78)65-50(40(12)13)61(85)69(20)46(32-37(6)7)55(79)66-74(25)63(87)75(28-3)43(17)57(81)70(21)47(33-38(8)9)59(83)71(22)48(34-39(10)11)60(84)72(23)51(41(14)15)62(86)73(52)24/h26,29,36-48,50-53,77H,27-28,30-35H2,1-25H3,(H,64,80)(H,65,78)(H,66,79)/b29-26+. The van der Waals surface area contributed by atoms with E-state index in [0.29, 0.717) is 6.42 Å². The molecule has 0 spiro atoms. The van der Waals surface area contributed by atoms with Gasteiger partial charge in [-0.2, -0.15) is 0 Å². The van der Waals surface area contributed by atoms with E-state index in [1.165, 1.54) is 92.7 Å². The second-order valence-electron chi connectivity index (χ2n) is 26.4. The molecule has 24 heteroatoms. The van der Waals surface area contributed by atoms with Gasteiger partial charge in [0.25, 0.3) is 5.91 Å². The van der Waals surface area contributed by atoms with E-state index >= 15 is 14.4 Å². The van der Waals surface area contributed by atoms with Crippen molar-refractivity contribution >= 4 is 65.1 Å². The molecule has 0 aromatic heterocycles. The van der Waals surface area contributed by atoms with Crippen molar-refractivity contribution in [3.05, 3.63) is 12.2 Å². The van der Waals surface area contributed by atoms with E-state index in [0.717, 1.165) is 14.8 Å². The molecule has 1 rings (SSSR count). The number of urea groups is 1. The topological polar surface area (TPSA) is 273 Å². The van der Waals surface area contributed by atoms with Crippen LogP contribution in [0.1, 0.15) is 156 Å². The maximum absolute atomic E-state index is 15.2. The molecule has 24 nitrogen and oxygen atoms in total. The maximum atomic E-state index is 15.2. The number of hydrazine groups is 1. The van der Waals surface area contributed by atoms with Gasteiger partial charge in [-0.15, -0.1) is 0 Å². The number of aliphatic hydroxyl groups is 1. The first kappa shape index (κ1) is 78.7. The number of hydrogen-bond acceptors (Lipinski definition) is 12. The van der Waals surface area contributed by atoms with Gasteiger partial charge in [0.05, 0.1) is 12.6 Å². The summed E-state index contributed by atoms with van der Waals surface area (Å²) in [5, 5.41) is 18.7. The summed E-state index contributed by atoms with van der Waals surface area (Å²) in [5.74, 6) is -9.08. The summed E-state index contributed by atoms with van der Waals surface area (Å²) >= 11 is 0. The van der Waals surface area contributed by atoms with Gasteiger partial charge in [-0.25, -0.2) is 9.80 Å². The Hall–Kier alpha value is -6.33. The van der Waals surface area contributed by atoms with E-state index in [2.05, 4.69) is 16.1 Å². The number of hydrogen-bond donors (Lipinski definition) is 4. The molecule has 11 unspecified atom stereocenters. The van der Waals surface area contributed by atoms with Crippen LogP contribution >= 0.6 is 0 Å². The zero-order valence-electron chi connectivity index (χ0n) is 57.6. The first-order valence-electron chi connectivity index (χ1n) is 31.3. The minimum Gasteiger partial charge on any atom is -0.390 e. The van der Waals surface area contributed by atoms with E-state index in [1.807, 2.05) is 61.5 Å². The Morgan fingerprint density at radius 2 is 0.943 bits per heavy atom. The number of carbonyl (C=O) groups excluding carboxylic acids is 11. The van der Waals surface area contributed by atoms with E-state index < -0.39 is 150 Å². The molecule has 1 aliphatic heterocycles. The Labute approximate surface area is 521 Å². The summed E-state index contributed by atoms with van der Waals surface area (Å²) in [7, 11) is 11.3. The van der Waals surface area contributed by atoms with Crippen molar-refractivity contribution in [2.24, 2.45) is 41.4 Å². The monoisotopic (exact) mass is 1230 g/mol. The first-order valence-corrected chi connectivity index (χ1v) is 31.3. The highest BCUT2D eigenvalue weighted by atomic mass is 16.3. The zero-order valence-corrected chi connectivity index (χ0v) is 57.6. The molecule has 12 amide bonds. The summed E-state index contributed by atoms with van der Waals surface area (Å²) in [6, 6.07) is -12.0. The number of nitrogens with one attached hydrogen (secondary N) is 3. The molecule has 1 saturated heterocycles. The third-order valence-corrected chi connectivity index (χ3v) is 16.6. The zero-order chi connectivity index (χ0) is 67.6. The van der Waals surface area contributed by atoms with E-state index in [-0.39, 0.29) is 62.3 Å². The van der Waals surface area contributed by atoms with E-state index in [9.17, 15) is 43.5 Å². The van der Waals surface area contributed by atoms with Gasteiger partial charge in [-0.05, 0) is 101 Å². The van der Waals surface area contributed by atoms with Crippen LogP contribution in [0.4, 0.5) is 4.79 Å². The van der Waals surface area contributed by atoms with Crippen LogP contribution < -0.4 is 16.1 Å². The largest absolute Gasteiger partial charge is 0.390 e. The van der Waals surface area contributed by atoms with Crippen LogP contribution in [-0.2, 0) is 47.9 Å². The van der Waals surface area contributed by atoms with Gasteiger partial charge in [0.15, 0.2) is 0 Å². The second-order valence-corrected chi connectivity index (χ2v) is 26.4. The minimum atomic E-state index is -1.61. The number of allylic oxidation sites excluding steroid dienone is 2. The highest BCUT2D eigenvalue weighted by molar-refractivity contribution is 5.99. The molecular weight excluding hydrogens is 1120 g/mol. The average Bonchev–Trinajstić information content (AvgIpc) is 2.16. The summed E-state index contributed by atoms with van der Waals surface area (Å²) in [6.07, 6.45) is 3.00. The molecule has 0 aromatic rings. The van der Waals surface area contributed by atoms with Crippen molar-refractivity contribution in [3.8, 4) is 0 Å². The molecule has 4 N–H and O–H groups in total. The Morgan fingerprint density at radius 1 is 0.506 bits per heavy atom. The van der Waals surface area contributed by atoms with Crippen LogP contribution in [0.5, 0.6) is 0 Å². The van der Waals surface area contributed by atoms with Crippen LogP contribution in [0, 0.1) is 41.4 Å². The van der Waals surface area contributed by atoms with Crippen molar-refractivity contribution in [3.63, 3.8) is 0 Å². The Kier molecular flexibility index (Phi) is 32.2. The number of rotatable bonds is 16. The molecule has 11 atom stereocenters. The fourth-order valence-corrected chi connectivity index (χ4v) is 11.1. The van der Waals surface area contributed by atoms with Gasteiger partial charge in [0.2, 0.25) is 53.2 Å². The van der Waals surface area contributed by atoms with Crippen molar-refractivity contribution < 1.29 is 57.8 Å². The SMILES string of the molecule is C/C=C/CC(C)C(O)C1C(=O)NC(CC)C(=O)N(C)CC(=O)N(C)C(CC(C)C)C(=O)NC(C(C)C)C(=O)N(C)C(CC(C)C)C(=O)NN(C)C(=O)N(CC)C(C)C(=O)N(C)C(CC(C)C)C(=O)N(C)C(CC(C)C)C(=O)N(C)C(C(C)C)C(=O)N1C. The Balaban J connectivity index is 4.41. The van der Waals surface area contributed by atoms with Crippen LogP contribution in [0.3, 0.4) is 0 Å². The summed E-state index contributed by atoms with van der Waals surface area (Å²) in [4.78, 5) is 171. The van der Waals surface area contributed by atoms with Crippen LogP contribution in [0.15, 0.2) is 12.2 Å². The van der Waals surface area contributed by atoms with Gasteiger partial charge in [-0.3, -0.25) is 53.4 Å². The molecule has 0 aliphatic carbocycles. The number of aliphatic hydroxyl groups excluding tert-OH is 1. The lowest BCUT2D eigenvalue weighted by Gasteiger charge is -2.42. The number of likely N-dealkylation sites (N-methyl/N-ethyl adjacent to an activating group) is 8. The lowest BCUT2D eigenvalue weighted by Crippen LogP contribution is -2.63. The lowest BCUT2D eigenvalue weighted by molar-refractivity contribution is -0.157. The Bertz CT molecular complexity index is 2380. The molecule has 1 fully saturated rings. The fraction of sp³-hybridized carbons (Fsp3) is 0.794. The molecule has 87 heavy (non-hydrogen) atoms. The van der Waals surface area contributed by atoms with Crippen molar-refractivity contribution in [2.75, 3.05) is 69.5 Å². The first-order chi connectivity index (χ1) is 40.2. The lowest BCUT2D eigenvalue weighted by atomic mass is 9.91. The van der Waals surface area contributed by atoms with Gasteiger partial charge >= 0.3 is 6.03 Å². The predicted octanol–water partition coefficient (Wildman–Crippen LogP) is 4.05. The van der Waals surface area contributed by atoms with Gasteiger partial charge in [0.1, 0.15) is 54.4 Å². The minimum absolute atomic E-state index is 0.0133. The number of nitrogens with zero attached hydrogens (tertiary/aromatic N) is 9. The molecule has 0 bridgehead atoms. The van der Waals surface area contributed by atoms with Crippen LogP contribution in [0.25, 0.3) is 0 Å². The van der Waals surface area contributed by atoms with Crippen molar-refractivity contribution in [1.82, 2.24) is 60.3 Å². The molecule has 1 aliphatic rings. The van der Waals surface area contributed by atoms with Crippen LogP contribution in [0.2, 0.25) is 0 Å². The summed E-state index contributed by atoms with van der Waals surface area (Å²) in [6.45, 7) is 29.6. The van der Waals surface area contributed by atoms with Gasteiger partial charge in [0, 0.05) is 62.9 Å². The predicted molar refractivity (Wildman–Crippen MR) is 336 cm³/mol. The Morgan fingerprint density at radius 3 is 1.38 bits per heavy atom. The van der Waals surface area contributed by atoms with Crippen molar-refractivity contribution in [2.45, 2.75) is 217 Å². The molecule has 0 radical (unpaired) electrons. The summed E-state index contributed by atoms with van der Waals surface area (Å²) in [5.41, 5.74) is 2.62. The molecule has 0 aromatic carbocycles. The molecule has 0 saturated carbocycles. The molecule has 1 heterocycles. The van der Waals surface area contributed by atoms with Gasteiger partial charge < -0.3 is 54.9 Å². The van der Waals surface area contributed by atoms with E-state index in [1.54, 1.807) is 61.5 Å². The normalized spacial score (nSPS) is 25.9. The van der Waals surface area contributed by atoms with Crippen LogP contribution in [-0.4, -0.2) is 244 Å². The third-order valence-electron chi connectivity index (χ3n) is 16.6. The maximum Gasteiger partial charge on any atom is 0.339 e. The fourth-order valence-electron chi connectivity index (χ4n) is 11.1. The number of carbonyl (C=O) groups is 11.